The van der Waals surface area contributed by atoms with E-state index in [1.807, 2.05) is 4.90 Å². The molecule has 6 heteroatoms. The first-order chi connectivity index (χ1) is 11.6. The molecule has 130 valence electrons. The number of aromatic hydroxyl groups is 1. The Labute approximate surface area is 142 Å². The minimum absolute atomic E-state index is 0.00119. The highest BCUT2D eigenvalue weighted by atomic mass is 16.3. The molecule has 1 saturated heterocycles. The molecular formula is C18H25N3O3. The molecule has 3 rings (SSSR count). The summed E-state index contributed by atoms with van der Waals surface area (Å²) in [7, 11) is 0. The van der Waals surface area contributed by atoms with Crippen molar-refractivity contribution in [2.75, 3.05) is 13.1 Å². The van der Waals surface area contributed by atoms with Crippen LogP contribution in [0.25, 0.3) is 0 Å². The largest absolute Gasteiger partial charge is 0.506 e. The quantitative estimate of drug-likeness (QED) is 0.921. The molecule has 2 aliphatic rings. The lowest BCUT2D eigenvalue weighted by atomic mass is 9.89. The van der Waals surface area contributed by atoms with Crippen LogP contribution in [-0.4, -0.2) is 56.9 Å². The molecule has 2 amide bonds. The van der Waals surface area contributed by atoms with Gasteiger partial charge in [-0.1, -0.05) is 0 Å². The van der Waals surface area contributed by atoms with Gasteiger partial charge >= 0.3 is 0 Å². The Bertz CT molecular complexity index is 615. The zero-order valence-electron chi connectivity index (χ0n) is 14.1. The maximum absolute atomic E-state index is 12.6. The Hall–Kier alpha value is -2.11. The van der Waals surface area contributed by atoms with E-state index in [9.17, 15) is 14.7 Å². The Morgan fingerprint density at radius 2 is 1.83 bits per heavy atom. The number of carbonyl (C=O) groups is 2. The first-order valence-electron chi connectivity index (χ1n) is 8.78. The molecule has 2 fully saturated rings. The predicted octanol–water partition coefficient (Wildman–Crippen LogP) is 2.18. The van der Waals surface area contributed by atoms with Crippen molar-refractivity contribution >= 4 is 11.8 Å². The van der Waals surface area contributed by atoms with E-state index < -0.39 is 0 Å². The van der Waals surface area contributed by atoms with Gasteiger partial charge in [-0.3, -0.25) is 14.6 Å². The summed E-state index contributed by atoms with van der Waals surface area (Å²) in [5, 5.41) is 9.51. The molecule has 0 unspecified atom stereocenters. The summed E-state index contributed by atoms with van der Waals surface area (Å²) in [5.41, 5.74) is 0.413. The van der Waals surface area contributed by atoms with Crippen LogP contribution in [0.4, 0.5) is 0 Å². The summed E-state index contributed by atoms with van der Waals surface area (Å²) in [6.45, 7) is 2.97. The maximum atomic E-state index is 12.6. The normalized spacial score (nSPS) is 21.7. The van der Waals surface area contributed by atoms with Gasteiger partial charge in [-0.2, -0.15) is 0 Å². The van der Waals surface area contributed by atoms with E-state index in [4.69, 9.17) is 0 Å². The van der Waals surface area contributed by atoms with Gasteiger partial charge in [-0.15, -0.1) is 0 Å². The van der Waals surface area contributed by atoms with Gasteiger partial charge in [0, 0.05) is 38.3 Å². The van der Waals surface area contributed by atoms with Crippen molar-refractivity contribution in [3.05, 3.63) is 24.0 Å². The van der Waals surface area contributed by atoms with E-state index in [2.05, 4.69) is 9.88 Å². The monoisotopic (exact) mass is 331 g/mol. The molecule has 1 aliphatic carbocycles. The van der Waals surface area contributed by atoms with Gasteiger partial charge in [0.05, 0.1) is 11.8 Å². The number of aromatic nitrogens is 1. The molecule has 2 heterocycles. The average Bonchev–Trinajstić information content (AvgIpc) is 2.75. The van der Waals surface area contributed by atoms with Crippen molar-refractivity contribution < 1.29 is 14.7 Å². The molecule has 1 aliphatic heterocycles. The van der Waals surface area contributed by atoms with Crippen LogP contribution in [0, 0.1) is 0 Å². The van der Waals surface area contributed by atoms with Crippen LogP contribution < -0.4 is 0 Å². The number of hydrogen-bond donors (Lipinski definition) is 1. The fourth-order valence-corrected chi connectivity index (χ4v) is 3.76. The SMILES string of the molecule is CC(=O)N(C1CCC1)[C@H]1CCCN(C(=O)c2cncc(O)c2)CC1. The fourth-order valence-electron chi connectivity index (χ4n) is 3.76. The van der Waals surface area contributed by atoms with Crippen LogP contribution >= 0.6 is 0 Å². The number of likely N-dealkylation sites (tertiary alicyclic amines) is 1. The van der Waals surface area contributed by atoms with Crippen molar-refractivity contribution in [2.24, 2.45) is 0 Å². The van der Waals surface area contributed by atoms with E-state index in [0.717, 1.165) is 32.1 Å². The molecule has 0 bridgehead atoms. The second-order valence-corrected chi connectivity index (χ2v) is 6.82. The van der Waals surface area contributed by atoms with Gasteiger partial charge in [-0.05, 0) is 44.6 Å². The van der Waals surface area contributed by atoms with E-state index in [1.54, 1.807) is 6.92 Å². The summed E-state index contributed by atoms with van der Waals surface area (Å²) in [4.78, 5) is 32.4. The van der Waals surface area contributed by atoms with Crippen LogP contribution in [0.5, 0.6) is 5.75 Å². The van der Waals surface area contributed by atoms with E-state index >= 15 is 0 Å². The second-order valence-electron chi connectivity index (χ2n) is 6.82. The maximum Gasteiger partial charge on any atom is 0.255 e. The highest BCUT2D eigenvalue weighted by Crippen LogP contribution is 2.30. The standard InChI is InChI=1S/C18H25N3O3/c1-13(22)21(15-4-2-5-15)16-6-3-8-20(9-7-16)18(24)14-10-17(23)12-19-11-14/h10-12,15-16,23H,2-9H2,1H3/t16-/m0/s1. The van der Waals surface area contributed by atoms with Gasteiger partial charge in [0.2, 0.25) is 5.91 Å². The Kier molecular flexibility index (Phi) is 5.02. The number of nitrogens with zero attached hydrogens (tertiary/aromatic N) is 3. The summed E-state index contributed by atoms with van der Waals surface area (Å²) in [6.07, 6.45) is 8.86. The summed E-state index contributed by atoms with van der Waals surface area (Å²) >= 11 is 0. The lowest BCUT2D eigenvalue weighted by Crippen LogP contribution is -2.49. The first kappa shape index (κ1) is 16.7. The summed E-state index contributed by atoms with van der Waals surface area (Å²) < 4.78 is 0. The van der Waals surface area contributed by atoms with Gasteiger partial charge in [0.1, 0.15) is 5.75 Å². The van der Waals surface area contributed by atoms with Crippen LogP contribution in [0.15, 0.2) is 18.5 Å². The molecule has 6 nitrogen and oxygen atoms in total. The van der Waals surface area contributed by atoms with Crippen LogP contribution in [0.2, 0.25) is 0 Å². The molecule has 0 radical (unpaired) electrons. The lowest BCUT2D eigenvalue weighted by Gasteiger charge is -2.42. The molecule has 1 N–H and O–H groups in total. The first-order valence-corrected chi connectivity index (χ1v) is 8.78. The van der Waals surface area contributed by atoms with Gasteiger partial charge in [-0.25, -0.2) is 0 Å². The van der Waals surface area contributed by atoms with Crippen molar-refractivity contribution in [2.45, 2.75) is 57.5 Å². The Morgan fingerprint density at radius 3 is 2.46 bits per heavy atom. The topological polar surface area (TPSA) is 73.7 Å². The lowest BCUT2D eigenvalue weighted by molar-refractivity contribution is -0.136. The van der Waals surface area contributed by atoms with E-state index in [0.29, 0.717) is 24.7 Å². The van der Waals surface area contributed by atoms with Crippen molar-refractivity contribution in [3.8, 4) is 5.75 Å². The van der Waals surface area contributed by atoms with E-state index in [1.165, 1.54) is 24.9 Å². The van der Waals surface area contributed by atoms with Crippen molar-refractivity contribution in [3.63, 3.8) is 0 Å². The molecule has 1 atom stereocenters. The average molecular weight is 331 g/mol. The third-order valence-corrected chi connectivity index (χ3v) is 5.18. The number of hydrogen-bond acceptors (Lipinski definition) is 4. The Morgan fingerprint density at radius 1 is 1.12 bits per heavy atom. The van der Waals surface area contributed by atoms with Crippen molar-refractivity contribution in [1.29, 1.82) is 0 Å². The highest BCUT2D eigenvalue weighted by Gasteiger charge is 2.34. The van der Waals surface area contributed by atoms with Crippen LogP contribution in [-0.2, 0) is 4.79 Å². The smallest absolute Gasteiger partial charge is 0.255 e. The fraction of sp³-hybridized carbons (Fsp3) is 0.611. The molecule has 1 saturated carbocycles. The molecule has 0 aromatic carbocycles. The highest BCUT2D eigenvalue weighted by molar-refractivity contribution is 5.94. The van der Waals surface area contributed by atoms with Crippen molar-refractivity contribution in [1.82, 2.24) is 14.8 Å². The zero-order chi connectivity index (χ0) is 17.1. The number of amides is 2. The van der Waals surface area contributed by atoms with Gasteiger partial charge in [0.15, 0.2) is 0 Å². The second kappa shape index (κ2) is 7.20. The van der Waals surface area contributed by atoms with Gasteiger partial charge < -0.3 is 14.9 Å². The minimum Gasteiger partial charge on any atom is -0.506 e. The van der Waals surface area contributed by atoms with Crippen LogP contribution in [0.3, 0.4) is 0 Å². The number of rotatable bonds is 3. The third kappa shape index (κ3) is 3.52. The molecule has 1 aromatic heterocycles. The molecule has 24 heavy (non-hydrogen) atoms. The molecule has 0 spiro atoms. The van der Waals surface area contributed by atoms with E-state index in [-0.39, 0.29) is 23.6 Å². The third-order valence-electron chi connectivity index (χ3n) is 5.18. The minimum atomic E-state index is -0.0999. The predicted molar refractivity (Wildman–Crippen MR) is 89.6 cm³/mol. The summed E-state index contributed by atoms with van der Waals surface area (Å²) in [6, 6.07) is 2.08. The Balaban J connectivity index is 1.66. The number of pyridine rings is 1. The molecular weight excluding hydrogens is 306 g/mol. The summed E-state index contributed by atoms with van der Waals surface area (Å²) in [5.74, 6) is 0.0556. The van der Waals surface area contributed by atoms with Gasteiger partial charge in [0.25, 0.3) is 5.91 Å². The number of carbonyl (C=O) groups excluding carboxylic acids is 2. The van der Waals surface area contributed by atoms with Crippen LogP contribution in [0.1, 0.15) is 55.8 Å². The zero-order valence-corrected chi connectivity index (χ0v) is 14.1. The molecule has 1 aromatic rings.